The SMILES string of the molecule is CCOC(=O)N1CCN(S(=O)(=O)c2ccc(C(=O)N(Cc3ccccn3)c3nc4c(C(C)C)cccc4s3)cc2)CC1. The molecule has 1 fully saturated rings. The number of hydrogen-bond donors (Lipinski definition) is 0. The second-order valence-corrected chi connectivity index (χ2v) is 13.1. The number of piperazine rings is 1. The van der Waals surface area contributed by atoms with Crippen LogP contribution in [0, 0.1) is 0 Å². The highest BCUT2D eigenvalue weighted by molar-refractivity contribution is 7.89. The van der Waals surface area contributed by atoms with Crippen molar-refractivity contribution in [2.75, 3.05) is 37.7 Å². The molecule has 1 aliphatic rings. The summed E-state index contributed by atoms with van der Waals surface area (Å²) in [5.41, 5.74) is 3.02. The number of para-hydroxylation sites is 1. The maximum absolute atomic E-state index is 13.9. The molecular formula is C30H33N5O5S2. The zero-order chi connectivity index (χ0) is 29.9. The van der Waals surface area contributed by atoms with Gasteiger partial charge in [0, 0.05) is 37.9 Å². The van der Waals surface area contributed by atoms with Gasteiger partial charge in [0.1, 0.15) is 0 Å². The van der Waals surface area contributed by atoms with Crippen molar-refractivity contribution < 1.29 is 22.7 Å². The summed E-state index contributed by atoms with van der Waals surface area (Å²) in [7, 11) is -3.81. The van der Waals surface area contributed by atoms with Gasteiger partial charge in [-0.1, -0.05) is 43.4 Å². The van der Waals surface area contributed by atoms with Gasteiger partial charge < -0.3 is 9.64 Å². The molecule has 2 aromatic carbocycles. The first-order valence-corrected chi connectivity index (χ1v) is 16.1. The average molecular weight is 608 g/mol. The summed E-state index contributed by atoms with van der Waals surface area (Å²) in [6, 6.07) is 17.6. The van der Waals surface area contributed by atoms with Crippen molar-refractivity contribution in [3.63, 3.8) is 0 Å². The second-order valence-electron chi connectivity index (χ2n) is 10.2. The first-order chi connectivity index (χ1) is 20.2. The molecule has 2 aromatic heterocycles. The maximum atomic E-state index is 13.9. The van der Waals surface area contributed by atoms with Crippen LogP contribution in [0.2, 0.25) is 0 Å². The Bertz CT molecular complexity index is 1670. The molecule has 0 bridgehead atoms. The molecule has 12 heteroatoms. The van der Waals surface area contributed by atoms with Crippen LogP contribution in [-0.4, -0.2) is 72.4 Å². The minimum atomic E-state index is -3.81. The van der Waals surface area contributed by atoms with E-state index in [0.29, 0.717) is 16.4 Å². The van der Waals surface area contributed by atoms with Gasteiger partial charge in [0.15, 0.2) is 5.13 Å². The minimum Gasteiger partial charge on any atom is -0.450 e. The zero-order valence-corrected chi connectivity index (χ0v) is 25.4. The maximum Gasteiger partial charge on any atom is 0.409 e. The molecule has 2 amide bonds. The highest BCUT2D eigenvalue weighted by Gasteiger charge is 2.31. The van der Waals surface area contributed by atoms with Crippen molar-refractivity contribution >= 4 is 48.7 Å². The summed E-state index contributed by atoms with van der Waals surface area (Å²) >= 11 is 1.44. The Morgan fingerprint density at radius 3 is 2.38 bits per heavy atom. The number of hydrogen-bond acceptors (Lipinski definition) is 8. The number of ether oxygens (including phenoxy) is 1. The third-order valence-electron chi connectivity index (χ3n) is 7.09. The van der Waals surface area contributed by atoms with E-state index in [4.69, 9.17) is 9.72 Å². The molecule has 42 heavy (non-hydrogen) atoms. The fourth-order valence-electron chi connectivity index (χ4n) is 4.82. The Balaban J connectivity index is 1.40. The monoisotopic (exact) mass is 607 g/mol. The fraction of sp³-hybridized carbons (Fsp3) is 0.333. The lowest BCUT2D eigenvalue weighted by Gasteiger charge is -2.33. The topological polar surface area (TPSA) is 113 Å². The van der Waals surface area contributed by atoms with Crippen LogP contribution in [0.25, 0.3) is 10.2 Å². The van der Waals surface area contributed by atoms with Crippen LogP contribution in [0.1, 0.15) is 48.3 Å². The van der Waals surface area contributed by atoms with Gasteiger partial charge in [-0.3, -0.25) is 14.7 Å². The van der Waals surface area contributed by atoms with Gasteiger partial charge in [0.2, 0.25) is 10.0 Å². The molecule has 0 spiro atoms. The van der Waals surface area contributed by atoms with E-state index in [9.17, 15) is 18.0 Å². The van der Waals surface area contributed by atoms with Gasteiger partial charge >= 0.3 is 6.09 Å². The second kappa shape index (κ2) is 12.6. The minimum absolute atomic E-state index is 0.0847. The third-order valence-corrected chi connectivity index (χ3v) is 10.0. The number of benzene rings is 2. The Labute approximate surface area is 249 Å². The number of carbonyl (C=O) groups is 2. The number of pyridine rings is 1. The van der Waals surface area contributed by atoms with E-state index in [0.717, 1.165) is 15.8 Å². The van der Waals surface area contributed by atoms with Crippen LogP contribution in [0.5, 0.6) is 0 Å². The van der Waals surface area contributed by atoms with E-state index in [1.165, 1.54) is 44.8 Å². The van der Waals surface area contributed by atoms with Crippen molar-refractivity contribution in [3.05, 3.63) is 83.7 Å². The van der Waals surface area contributed by atoms with E-state index < -0.39 is 16.1 Å². The highest BCUT2D eigenvalue weighted by atomic mass is 32.2. The van der Waals surface area contributed by atoms with E-state index in [1.807, 2.05) is 30.3 Å². The van der Waals surface area contributed by atoms with Gasteiger partial charge in [-0.2, -0.15) is 4.31 Å². The average Bonchev–Trinajstić information content (AvgIpc) is 3.44. The fourth-order valence-corrected chi connectivity index (χ4v) is 7.24. The Hall–Kier alpha value is -3.87. The molecule has 10 nitrogen and oxygen atoms in total. The van der Waals surface area contributed by atoms with Crippen LogP contribution in [0.4, 0.5) is 9.93 Å². The third kappa shape index (κ3) is 6.15. The van der Waals surface area contributed by atoms with Crippen molar-refractivity contribution in [3.8, 4) is 0 Å². The summed E-state index contributed by atoms with van der Waals surface area (Å²) in [5.74, 6) is -0.0379. The number of thiazole rings is 1. The molecule has 1 saturated heterocycles. The molecule has 1 aliphatic heterocycles. The molecule has 0 saturated carbocycles. The van der Waals surface area contributed by atoms with Crippen molar-refractivity contribution in [1.82, 2.24) is 19.2 Å². The van der Waals surface area contributed by atoms with Crippen molar-refractivity contribution in [2.45, 2.75) is 38.1 Å². The predicted molar refractivity (Wildman–Crippen MR) is 162 cm³/mol. The van der Waals surface area contributed by atoms with Gasteiger partial charge in [0.05, 0.1) is 34.0 Å². The number of sulfonamides is 1. The molecule has 3 heterocycles. The number of fused-ring (bicyclic) bond motifs is 1. The van der Waals surface area contributed by atoms with E-state index in [2.05, 4.69) is 24.9 Å². The normalized spacial score (nSPS) is 14.3. The smallest absolute Gasteiger partial charge is 0.409 e. The van der Waals surface area contributed by atoms with Crippen LogP contribution in [-0.2, 0) is 21.3 Å². The van der Waals surface area contributed by atoms with E-state index in [1.54, 1.807) is 18.0 Å². The predicted octanol–water partition coefficient (Wildman–Crippen LogP) is 5.12. The molecular weight excluding hydrogens is 574 g/mol. The Kier molecular flexibility index (Phi) is 8.85. The number of rotatable bonds is 8. The zero-order valence-electron chi connectivity index (χ0n) is 23.8. The summed E-state index contributed by atoms with van der Waals surface area (Å²) < 4.78 is 34.0. The molecule has 0 radical (unpaired) electrons. The molecule has 5 rings (SSSR count). The molecule has 4 aromatic rings. The molecule has 0 atom stereocenters. The lowest BCUT2D eigenvalue weighted by Crippen LogP contribution is -2.50. The van der Waals surface area contributed by atoms with Crippen LogP contribution >= 0.6 is 11.3 Å². The van der Waals surface area contributed by atoms with Crippen molar-refractivity contribution in [2.24, 2.45) is 0 Å². The standard InChI is InChI=1S/C30H33N5O5S2/c1-4-40-30(37)33-16-18-34(19-17-33)42(38,39)24-13-11-22(12-14-24)28(36)35(20-23-8-5-6-15-31-23)29-32-27-25(21(2)3)9-7-10-26(27)41-29/h5-15,21H,4,16-20H2,1-3H3. The number of carbonyl (C=O) groups excluding carboxylic acids is 2. The summed E-state index contributed by atoms with van der Waals surface area (Å²) in [6.45, 7) is 7.25. The van der Waals surface area contributed by atoms with Crippen LogP contribution in [0.15, 0.2) is 71.8 Å². The van der Waals surface area contributed by atoms with Crippen LogP contribution < -0.4 is 4.90 Å². The number of aromatic nitrogens is 2. The molecule has 0 N–H and O–H groups in total. The number of amides is 2. The Morgan fingerprint density at radius 1 is 1.00 bits per heavy atom. The first kappa shape index (κ1) is 29.6. The van der Waals surface area contributed by atoms with Gasteiger partial charge in [-0.15, -0.1) is 0 Å². The number of nitrogens with zero attached hydrogens (tertiary/aromatic N) is 5. The summed E-state index contributed by atoms with van der Waals surface area (Å²) in [4.78, 5) is 38.4. The largest absolute Gasteiger partial charge is 0.450 e. The van der Waals surface area contributed by atoms with Gasteiger partial charge in [-0.05, 0) is 60.9 Å². The van der Waals surface area contributed by atoms with Gasteiger partial charge in [-0.25, -0.2) is 18.2 Å². The van der Waals surface area contributed by atoms with E-state index >= 15 is 0 Å². The van der Waals surface area contributed by atoms with E-state index in [-0.39, 0.29) is 56.1 Å². The summed E-state index contributed by atoms with van der Waals surface area (Å²) in [5, 5.41) is 0.546. The van der Waals surface area contributed by atoms with Gasteiger partial charge in [0.25, 0.3) is 5.91 Å². The molecule has 220 valence electrons. The highest BCUT2D eigenvalue weighted by Crippen LogP contribution is 2.35. The molecule has 0 unspecified atom stereocenters. The van der Waals surface area contributed by atoms with Crippen molar-refractivity contribution in [1.29, 1.82) is 0 Å². The lowest BCUT2D eigenvalue weighted by molar-refractivity contribution is 0.0933. The first-order valence-electron chi connectivity index (χ1n) is 13.8. The summed E-state index contributed by atoms with van der Waals surface area (Å²) in [6.07, 6.45) is 1.24. The lowest BCUT2D eigenvalue weighted by atomic mass is 10.0. The van der Waals surface area contributed by atoms with Crippen LogP contribution in [0.3, 0.4) is 0 Å². The Morgan fingerprint density at radius 2 is 1.74 bits per heavy atom. The quantitative estimate of drug-likeness (QED) is 0.273. The number of anilines is 1. The molecule has 0 aliphatic carbocycles.